The topological polar surface area (TPSA) is 63.6 Å². The van der Waals surface area contributed by atoms with Crippen molar-refractivity contribution in [3.8, 4) is 0 Å². The number of hydrogen-bond donors (Lipinski definition) is 1. The van der Waals surface area contributed by atoms with Gasteiger partial charge in [-0.1, -0.05) is 13.8 Å². The molecule has 1 saturated carbocycles. The van der Waals surface area contributed by atoms with Gasteiger partial charge in [-0.2, -0.15) is 11.8 Å². The van der Waals surface area contributed by atoms with E-state index in [-0.39, 0.29) is 5.25 Å². The second-order valence-corrected chi connectivity index (χ2v) is 4.88. The maximum absolute atomic E-state index is 11.5. The monoisotopic (exact) mass is 218 g/mol. The molecule has 0 aromatic carbocycles. The summed E-state index contributed by atoms with van der Waals surface area (Å²) in [4.78, 5) is 22.7. The van der Waals surface area contributed by atoms with Gasteiger partial charge in [-0.25, -0.2) is 0 Å². The highest BCUT2D eigenvalue weighted by Crippen LogP contribution is 2.69. The van der Waals surface area contributed by atoms with Crippen molar-refractivity contribution in [3.05, 3.63) is 0 Å². The van der Waals surface area contributed by atoms with Crippen molar-refractivity contribution in [1.29, 1.82) is 0 Å². The van der Waals surface area contributed by atoms with Crippen LogP contribution in [-0.2, 0) is 14.3 Å². The summed E-state index contributed by atoms with van der Waals surface area (Å²) >= 11 is 1.40. The van der Waals surface area contributed by atoms with E-state index in [2.05, 4.69) is 4.74 Å². The molecule has 1 N–H and O–H groups in total. The highest BCUT2D eigenvalue weighted by atomic mass is 32.2. The predicted octanol–water partition coefficient (Wildman–Crippen LogP) is 1.00. The molecule has 0 aromatic rings. The van der Waals surface area contributed by atoms with Gasteiger partial charge in [0.25, 0.3) is 0 Å². The molecule has 0 amide bonds. The molecule has 0 spiro atoms. The molecular formula is C9H14O4S. The van der Waals surface area contributed by atoms with Crippen molar-refractivity contribution in [2.24, 2.45) is 10.8 Å². The van der Waals surface area contributed by atoms with Crippen LogP contribution in [0.15, 0.2) is 0 Å². The number of carbonyl (C=O) groups is 2. The largest absolute Gasteiger partial charge is 0.480 e. The number of thioether (sulfide) groups is 1. The Kier molecular flexibility index (Phi) is 2.56. The first-order chi connectivity index (χ1) is 6.37. The highest BCUT2D eigenvalue weighted by Gasteiger charge is 2.81. The van der Waals surface area contributed by atoms with E-state index in [9.17, 15) is 9.59 Å². The van der Waals surface area contributed by atoms with Crippen LogP contribution >= 0.6 is 11.8 Å². The Balaban J connectivity index is 3.11. The van der Waals surface area contributed by atoms with E-state index in [4.69, 9.17) is 5.11 Å². The molecule has 14 heavy (non-hydrogen) atoms. The molecule has 1 rings (SSSR count). The van der Waals surface area contributed by atoms with E-state index in [0.717, 1.165) is 0 Å². The zero-order valence-electron chi connectivity index (χ0n) is 8.66. The summed E-state index contributed by atoms with van der Waals surface area (Å²) in [6.45, 7) is 3.55. The van der Waals surface area contributed by atoms with Crippen LogP contribution in [0.1, 0.15) is 13.8 Å². The molecule has 2 unspecified atom stereocenters. The Morgan fingerprint density at radius 2 is 1.93 bits per heavy atom. The van der Waals surface area contributed by atoms with E-state index < -0.39 is 22.8 Å². The molecule has 0 aliphatic heterocycles. The third-order valence-corrected chi connectivity index (χ3v) is 4.48. The van der Waals surface area contributed by atoms with Gasteiger partial charge in [-0.15, -0.1) is 0 Å². The standard InChI is InChI=1S/C9H14O4S/c1-8(2)5(14-4)9(8,6(10)11)7(12)13-3/h5H,1-4H3,(H,10,11). The number of carboxylic acid groups (broad SMARTS) is 1. The van der Waals surface area contributed by atoms with Crippen molar-refractivity contribution in [3.63, 3.8) is 0 Å². The van der Waals surface area contributed by atoms with Gasteiger partial charge >= 0.3 is 11.9 Å². The molecule has 0 heterocycles. The minimum absolute atomic E-state index is 0.208. The molecule has 4 nitrogen and oxygen atoms in total. The first-order valence-electron chi connectivity index (χ1n) is 4.22. The van der Waals surface area contributed by atoms with E-state index in [0.29, 0.717) is 0 Å². The molecule has 2 atom stereocenters. The lowest BCUT2D eigenvalue weighted by Crippen LogP contribution is -2.32. The smallest absolute Gasteiger partial charge is 0.324 e. The van der Waals surface area contributed by atoms with Gasteiger partial charge in [-0.3, -0.25) is 9.59 Å². The molecule has 0 radical (unpaired) electrons. The number of aliphatic carboxylic acids is 1. The summed E-state index contributed by atoms with van der Waals surface area (Å²) in [5.74, 6) is -1.73. The molecule has 0 bridgehead atoms. The van der Waals surface area contributed by atoms with E-state index in [1.165, 1.54) is 18.9 Å². The highest BCUT2D eigenvalue weighted by molar-refractivity contribution is 7.99. The van der Waals surface area contributed by atoms with Crippen molar-refractivity contribution < 1.29 is 19.4 Å². The van der Waals surface area contributed by atoms with Gasteiger partial charge < -0.3 is 9.84 Å². The zero-order chi connectivity index (χ0) is 11.1. The fourth-order valence-corrected chi connectivity index (χ4v) is 3.75. The summed E-state index contributed by atoms with van der Waals surface area (Å²) in [6, 6.07) is 0. The number of methoxy groups -OCH3 is 1. The van der Waals surface area contributed by atoms with Crippen molar-refractivity contribution >= 4 is 23.7 Å². The molecule has 0 aromatic heterocycles. The van der Waals surface area contributed by atoms with Crippen molar-refractivity contribution in [2.75, 3.05) is 13.4 Å². The van der Waals surface area contributed by atoms with Crippen LogP contribution < -0.4 is 0 Å². The second-order valence-electron chi connectivity index (χ2n) is 3.94. The van der Waals surface area contributed by atoms with Crippen LogP contribution in [0, 0.1) is 10.8 Å². The third-order valence-electron chi connectivity index (χ3n) is 3.06. The lowest BCUT2D eigenvalue weighted by Gasteiger charge is -2.11. The number of esters is 1. The van der Waals surface area contributed by atoms with Crippen molar-refractivity contribution in [2.45, 2.75) is 19.1 Å². The Morgan fingerprint density at radius 1 is 1.43 bits per heavy atom. The predicted molar refractivity (Wildman–Crippen MR) is 53.2 cm³/mol. The number of carboxylic acids is 1. The molecule has 80 valence electrons. The minimum Gasteiger partial charge on any atom is -0.480 e. The van der Waals surface area contributed by atoms with Gasteiger partial charge in [0.2, 0.25) is 0 Å². The van der Waals surface area contributed by atoms with Crippen LogP contribution in [-0.4, -0.2) is 35.7 Å². The van der Waals surface area contributed by atoms with Gasteiger partial charge in [0, 0.05) is 10.7 Å². The number of rotatable bonds is 3. The van der Waals surface area contributed by atoms with E-state index in [1.807, 2.05) is 0 Å². The van der Waals surface area contributed by atoms with Crippen LogP contribution in [0.25, 0.3) is 0 Å². The lowest BCUT2D eigenvalue weighted by atomic mass is 9.96. The first-order valence-corrected chi connectivity index (χ1v) is 5.50. The van der Waals surface area contributed by atoms with Gasteiger partial charge in [0.1, 0.15) is 0 Å². The van der Waals surface area contributed by atoms with E-state index >= 15 is 0 Å². The summed E-state index contributed by atoms with van der Waals surface area (Å²) in [5, 5.41) is 8.92. The molecule has 0 saturated heterocycles. The summed E-state index contributed by atoms with van der Waals surface area (Å²) in [5.41, 5.74) is -1.90. The van der Waals surface area contributed by atoms with Crippen LogP contribution in [0.2, 0.25) is 0 Å². The average Bonchev–Trinajstić information content (AvgIpc) is 2.62. The minimum atomic E-state index is -1.36. The molecule has 1 aliphatic rings. The maximum Gasteiger partial charge on any atom is 0.324 e. The molecule has 1 fully saturated rings. The Bertz CT molecular complexity index is 287. The Morgan fingerprint density at radius 3 is 2.14 bits per heavy atom. The summed E-state index contributed by atoms with van der Waals surface area (Å²) < 4.78 is 4.57. The number of ether oxygens (including phenoxy) is 1. The zero-order valence-corrected chi connectivity index (χ0v) is 9.47. The first kappa shape index (κ1) is 11.4. The Hall–Kier alpha value is -0.710. The average molecular weight is 218 g/mol. The van der Waals surface area contributed by atoms with Gasteiger partial charge in [0.15, 0.2) is 5.41 Å². The normalized spacial score (nSPS) is 33.6. The quantitative estimate of drug-likeness (QED) is 0.565. The van der Waals surface area contributed by atoms with Crippen molar-refractivity contribution in [1.82, 2.24) is 0 Å². The van der Waals surface area contributed by atoms with Crippen LogP contribution in [0.5, 0.6) is 0 Å². The third kappa shape index (κ3) is 1.02. The van der Waals surface area contributed by atoms with Crippen LogP contribution in [0.3, 0.4) is 0 Å². The second kappa shape index (κ2) is 3.15. The number of carbonyl (C=O) groups excluding carboxylic acids is 1. The van der Waals surface area contributed by atoms with Gasteiger partial charge in [-0.05, 0) is 6.26 Å². The lowest BCUT2D eigenvalue weighted by molar-refractivity contribution is -0.161. The fourth-order valence-electron chi connectivity index (χ4n) is 2.19. The van der Waals surface area contributed by atoms with Gasteiger partial charge in [0.05, 0.1) is 7.11 Å². The maximum atomic E-state index is 11.5. The number of hydrogen-bond acceptors (Lipinski definition) is 4. The van der Waals surface area contributed by atoms with Crippen LogP contribution in [0.4, 0.5) is 0 Å². The SMILES string of the molecule is COC(=O)C1(C(=O)O)C(SC)C1(C)C. The summed E-state index contributed by atoms with van der Waals surface area (Å²) in [6.07, 6.45) is 1.81. The molecular weight excluding hydrogens is 204 g/mol. The Labute approximate surface area is 87.0 Å². The molecule has 5 heteroatoms. The fraction of sp³-hybridized carbons (Fsp3) is 0.778. The molecule has 1 aliphatic carbocycles. The summed E-state index contributed by atoms with van der Waals surface area (Å²) in [7, 11) is 1.22. The van der Waals surface area contributed by atoms with E-state index in [1.54, 1.807) is 20.1 Å².